The topological polar surface area (TPSA) is 107 Å². The Hall–Kier alpha value is -3.56. The molecule has 0 radical (unpaired) electrons. The number of fused-ring (bicyclic) bond motifs is 1. The van der Waals surface area contributed by atoms with Crippen LogP contribution in [0.1, 0.15) is 91.0 Å². The van der Waals surface area contributed by atoms with Gasteiger partial charge in [0.2, 0.25) is 5.95 Å². The standard InChI is InChI=1S/C33H43N3O2.C2HF3O2/c1-32(2,3)20-25(9-10-26(37)21-33-17-22-13-23(18-33)15-24(14-22)19-33)36-30-16-28(11-12-29(30)35-31(36)34)38-27-7-5-4-6-8-27;3-2(4,5)1(6)7/h4-8,11-12,16,22-25H,9-10,13-15,17-21H2,1-3H3,(H2,34,35);(H,6,7)/t22?,23?,24?,25-,33?;/m0./s1. The van der Waals surface area contributed by atoms with Gasteiger partial charge in [-0.25, -0.2) is 9.78 Å². The van der Waals surface area contributed by atoms with E-state index in [2.05, 4.69) is 30.3 Å². The summed E-state index contributed by atoms with van der Waals surface area (Å²) in [5, 5.41) is 7.12. The maximum atomic E-state index is 13.5. The first-order valence-electron chi connectivity index (χ1n) is 15.9. The molecular formula is C35H44F3N3O4. The Morgan fingerprint density at radius 3 is 2.11 bits per heavy atom. The summed E-state index contributed by atoms with van der Waals surface area (Å²) in [5.41, 5.74) is 8.77. The Morgan fingerprint density at radius 1 is 1.00 bits per heavy atom. The van der Waals surface area contributed by atoms with E-state index in [-0.39, 0.29) is 11.5 Å². The number of para-hydroxylation sites is 1. The van der Waals surface area contributed by atoms with E-state index in [9.17, 15) is 18.0 Å². The minimum atomic E-state index is -5.08. The summed E-state index contributed by atoms with van der Waals surface area (Å²) in [7, 11) is 0. The van der Waals surface area contributed by atoms with Crippen LogP contribution in [0.4, 0.5) is 19.1 Å². The molecule has 45 heavy (non-hydrogen) atoms. The number of imidazole rings is 1. The number of carboxylic acid groups (broad SMARTS) is 1. The third kappa shape index (κ3) is 8.19. The number of ether oxygens (including phenoxy) is 1. The molecular weight excluding hydrogens is 583 g/mol. The number of hydrogen-bond acceptors (Lipinski definition) is 5. The second kappa shape index (κ2) is 12.7. The molecule has 0 saturated heterocycles. The summed E-state index contributed by atoms with van der Waals surface area (Å²) in [4.78, 5) is 27.1. The molecule has 0 spiro atoms. The molecule has 4 aliphatic carbocycles. The van der Waals surface area contributed by atoms with Crippen molar-refractivity contribution in [2.45, 2.75) is 97.2 Å². The van der Waals surface area contributed by atoms with Crippen LogP contribution in [0.15, 0.2) is 48.5 Å². The molecule has 3 aromatic rings. The maximum Gasteiger partial charge on any atom is 0.490 e. The number of benzene rings is 2. The number of alkyl halides is 3. The number of aromatic nitrogens is 2. The average Bonchev–Trinajstić information content (AvgIpc) is 3.24. The second-order valence-corrected chi connectivity index (χ2v) is 14.8. The van der Waals surface area contributed by atoms with Crippen molar-refractivity contribution in [3.05, 3.63) is 48.5 Å². The molecule has 4 fully saturated rings. The van der Waals surface area contributed by atoms with Crippen molar-refractivity contribution in [2.24, 2.45) is 28.6 Å². The van der Waals surface area contributed by atoms with Crippen molar-refractivity contribution in [3.63, 3.8) is 0 Å². The molecule has 0 amide bonds. The number of nitrogens with two attached hydrogens (primary N) is 1. The van der Waals surface area contributed by atoms with Gasteiger partial charge in [0.15, 0.2) is 0 Å². The SMILES string of the molecule is CC(C)(C)C[C@H](CCC(=O)CC12CC3CC(CC(C3)C1)C2)n1c(N)nc2ccc(Oc3ccccc3)cc21.O=C(O)C(F)(F)F. The van der Waals surface area contributed by atoms with Gasteiger partial charge in [-0.1, -0.05) is 39.0 Å². The van der Waals surface area contributed by atoms with E-state index in [4.69, 9.17) is 20.4 Å². The quantitative estimate of drug-likeness (QED) is 0.245. The lowest BCUT2D eigenvalue weighted by Crippen LogP contribution is -2.46. The zero-order valence-corrected chi connectivity index (χ0v) is 26.3. The van der Waals surface area contributed by atoms with Crippen molar-refractivity contribution in [2.75, 3.05) is 5.73 Å². The van der Waals surface area contributed by atoms with Gasteiger partial charge < -0.3 is 20.1 Å². The Morgan fingerprint density at radius 2 is 1.58 bits per heavy atom. The molecule has 4 aliphatic rings. The Labute approximate surface area is 262 Å². The predicted octanol–water partition coefficient (Wildman–Crippen LogP) is 8.98. The number of Topliss-reactive ketones (excluding diaryl/α,β-unsaturated/α-hetero) is 1. The van der Waals surface area contributed by atoms with Crippen LogP contribution in [0.2, 0.25) is 0 Å². The summed E-state index contributed by atoms with van der Waals surface area (Å²) in [5.74, 6) is 2.41. The average molecular weight is 628 g/mol. The minimum Gasteiger partial charge on any atom is -0.475 e. The lowest BCUT2D eigenvalue weighted by atomic mass is 9.48. The van der Waals surface area contributed by atoms with Gasteiger partial charge in [-0.05, 0) is 104 Å². The number of rotatable bonds is 9. The lowest BCUT2D eigenvalue weighted by molar-refractivity contribution is -0.192. The van der Waals surface area contributed by atoms with Crippen LogP contribution in [0, 0.1) is 28.6 Å². The first-order chi connectivity index (χ1) is 21.1. The maximum absolute atomic E-state index is 13.5. The highest BCUT2D eigenvalue weighted by Crippen LogP contribution is 2.61. The van der Waals surface area contributed by atoms with Crippen molar-refractivity contribution in [1.82, 2.24) is 9.55 Å². The van der Waals surface area contributed by atoms with Gasteiger partial charge in [0, 0.05) is 24.9 Å². The second-order valence-electron chi connectivity index (χ2n) is 14.8. The van der Waals surface area contributed by atoms with E-state index in [0.29, 0.717) is 23.6 Å². The molecule has 4 bridgehead atoms. The molecule has 7 rings (SSSR count). The monoisotopic (exact) mass is 627 g/mol. The van der Waals surface area contributed by atoms with Crippen LogP contribution in [0.3, 0.4) is 0 Å². The molecule has 1 atom stereocenters. The molecule has 3 N–H and O–H groups in total. The summed E-state index contributed by atoms with van der Waals surface area (Å²) in [6.07, 6.45) is 6.17. The number of halogens is 3. The molecule has 10 heteroatoms. The van der Waals surface area contributed by atoms with Crippen LogP contribution in [0.5, 0.6) is 11.5 Å². The van der Waals surface area contributed by atoms with E-state index >= 15 is 0 Å². The van der Waals surface area contributed by atoms with E-state index < -0.39 is 12.1 Å². The van der Waals surface area contributed by atoms with Gasteiger partial charge in [0.25, 0.3) is 0 Å². The summed E-state index contributed by atoms with van der Waals surface area (Å²) >= 11 is 0. The fourth-order valence-corrected chi connectivity index (χ4v) is 8.53. The van der Waals surface area contributed by atoms with Crippen molar-refractivity contribution in [3.8, 4) is 11.5 Å². The predicted molar refractivity (Wildman–Crippen MR) is 167 cm³/mol. The van der Waals surface area contributed by atoms with Crippen LogP contribution < -0.4 is 10.5 Å². The van der Waals surface area contributed by atoms with Crippen molar-refractivity contribution >= 4 is 28.7 Å². The number of carbonyl (C=O) groups excluding carboxylic acids is 1. The highest BCUT2D eigenvalue weighted by Gasteiger charge is 2.51. The molecule has 244 valence electrons. The fourth-order valence-electron chi connectivity index (χ4n) is 8.53. The Balaban J connectivity index is 0.000000515. The highest BCUT2D eigenvalue weighted by atomic mass is 19.4. The van der Waals surface area contributed by atoms with Gasteiger partial charge in [-0.3, -0.25) is 4.79 Å². The molecule has 2 aromatic carbocycles. The molecule has 1 aromatic heterocycles. The first-order valence-corrected chi connectivity index (χ1v) is 15.9. The number of nitrogens with zero attached hydrogens (tertiary/aromatic N) is 2. The van der Waals surface area contributed by atoms with Gasteiger partial charge in [-0.2, -0.15) is 13.2 Å². The Bertz CT molecular complexity index is 1470. The zero-order chi connectivity index (χ0) is 32.6. The summed E-state index contributed by atoms with van der Waals surface area (Å²) in [6, 6.07) is 15.9. The van der Waals surface area contributed by atoms with Gasteiger partial charge in [0.1, 0.15) is 17.3 Å². The van der Waals surface area contributed by atoms with E-state index in [1.54, 1.807) is 0 Å². The third-order valence-corrected chi connectivity index (χ3v) is 9.62. The smallest absolute Gasteiger partial charge is 0.475 e. The highest BCUT2D eigenvalue weighted by molar-refractivity contribution is 5.81. The number of carbonyl (C=O) groups is 2. The zero-order valence-electron chi connectivity index (χ0n) is 26.3. The minimum absolute atomic E-state index is 0.0921. The first kappa shape index (κ1) is 32.8. The van der Waals surface area contributed by atoms with Gasteiger partial charge >= 0.3 is 12.1 Å². The number of aliphatic carboxylic acids is 1. The van der Waals surface area contributed by atoms with Crippen LogP contribution in [-0.2, 0) is 9.59 Å². The lowest BCUT2D eigenvalue weighted by Gasteiger charge is -2.56. The number of ketones is 1. The van der Waals surface area contributed by atoms with Crippen LogP contribution >= 0.6 is 0 Å². The van der Waals surface area contributed by atoms with Crippen LogP contribution in [-0.4, -0.2) is 32.6 Å². The number of hydrogen-bond donors (Lipinski definition) is 2. The molecule has 7 nitrogen and oxygen atoms in total. The van der Waals surface area contributed by atoms with E-state index in [1.165, 1.54) is 38.5 Å². The molecule has 0 aliphatic heterocycles. The third-order valence-electron chi connectivity index (χ3n) is 9.62. The largest absolute Gasteiger partial charge is 0.490 e. The number of carboxylic acids is 1. The molecule has 0 unspecified atom stereocenters. The molecule has 1 heterocycles. The van der Waals surface area contributed by atoms with Crippen molar-refractivity contribution in [1.29, 1.82) is 0 Å². The summed E-state index contributed by atoms with van der Waals surface area (Å²) in [6.45, 7) is 6.78. The van der Waals surface area contributed by atoms with Gasteiger partial charge in [0.05, 0.1) is 11.0 Å². The van der Waals surface area contributed by atoms with Gasteiger partial charge in [-0.15, -0.1) is 0 Å². The van der Waals surface area contributed by atoms with E-state index in [1.807, 2.05) is 48.5 Å². The number of anilines is 1. The fraction of sp³-hybridized carbons (Fsp3) is 0.571. The Kier molecular flexibility index (Phi) is 9.25. The van der Waals surface area contributed by atoms with E-state index in [0.717, 1.165) is 59.5 Å². The normalized spacial score (nSPS) is 24.6. The number of nitrogen functional groups attached to an aromatic ring is 1. The molecule has 4 saturated carbocycles. The van der Waals surface area contributed by atoms with Crippen LogP contribution in [0.25, 0.3) is 11.0 Å². The van der Waals surface area contributed by atoms with Crippen molar-refractivity contribution < 1.29 is 32.6 Å². The summed E-state index contributed by atoms with van der Waals surface area (Å²) < 4.78 is 40.0.